The summed E-state index contributed by atoms with van der Waals surface area (Å²) in [6.07, 6.45) is 18.5. The van der Waals surface area contributed by atoms with Gasteiger partial charge < -0.3 is 19.7 Å². The summed E-state index contributed by atoms with van der Waals surface area (Å²) in [5.41, 5.74) is 1.39. The predicted molar refractivity (Wildman–Crippen MR) is 126 cm³/mol. The molecule has 0 aromatic carbocycles. The Morgan fingerprint density at radius 2 is 1.97 bits per heavy atom. The first-order valence-corrected chi connectivity index (χ1v) is 12.4. The highest BCUT2D eigenvalue weighted by Gasteiger charge is 2.25. The fourth-order valence-corrected chi connectivity index (χ4v) is 5.09. The molecule has 2 heterocycles. The van der Waals surface area contributed by atoms with Crippen LogP contribution in [0.2, 0.25) is 0 Å². The molecule has 7 nitrogen and oxygen atoms in total. The number of carbonyl (C=O) groups excluding carboxylic acids is 1. The van der Waals surface area contributed by atoms with E-state index in [1.165, 1.54) is 12.0 Å². The lowest BCUT2D eigenvalue weighted by atomic mass is 9.84. The average molecular weight is 453 g/mol. The van der Waals surface area contributed by atoms with E-state index in [1.54, 1.807) is 12.5 Å². The molecular weight excluding hydrogens is 416 g/mol. The number of allylic oxidation sites excluding steroid dienone is 4. The van der Waals surface area contributed by atoms with Crippen LogP contribution in [0.4, 0.5) is 0 Å². The SMILES string of the molecule is N#CCC(=O)NC1CCC(CCN2CCN(C3=COC=C(CC4=CC=CCC4)O3)CC2)CC1. The molecular formula is C26H36N4O3. The molecule has 1 saturated heterocycles. The van der Waals surface area contributed by atoms with Crippen LogP contribution in [0.3, 0.4) is 0 Å². The van der Waals surface area contributed by atoms with Crippen molar-refractivity contribution in [2.24, 2.45) is 5.92 Å². The van der Waals surface area contributed by atoms with E-state index in [2.05, 4.69) is 33.3 Å². The Balaban J connectivity index is 1.12. The van der Waals surface area contributed by atoms with Crippen molar-refractivity contribution in [1.29, 1.82) is 5.26 Å². The molecule has 178 valence electrons. The Morgan fingerprint density at radius 3 is 2.70 bits per heavy atom. The van der Waals surface area contributed by atoms with E-state index in [0.29, 0.717) is 0 Å². The van der Waals surface area contributed by atoms with Crippen LogP contribution in [0, 0.1) is 17.2 Å². The normalized spacial score (nSPS) is 25.7. The third kappa shape index (κ3) is 7.13. The summed E-state index contributed by atoms with van der Waals surface area (Å²) in [6.45, 7) is 5.11. The van der Waals surface area contributed by atoms with E-state index in [4.69, 9.17) is 14.7 Å². The molecule has 4 aliphatic rings. The maximum atomic E-state index is 11.6. The van der Waals surface area contributed by atoms with Gasteiger partial charge in [-0.1, -0.05) is 23.8 Å². The summed E-state index contributed by atoms with van der Waals surface area (Å²) in [5.74, 6) is 2.32. The number of nitrogens with one attached hydrogen (secondary N) is 1. The molecule has 1 saturated carbocycles. The Kier molecular flexibility index (Phi) is 8.48. The minimum Gasteiger partial charge on any atom is -0.464 e. The van der Waals surface area contributed by atoms with E-state index in [0.717, 1.165) is 95.2 Å². The summed E-state index contributed by atoms with van der Waals surface area (Å²) < 4.78 is 11.8. The monoisotopic (exact) mass is 452 g/mol. The minimum atomic E-state index is -0.132. The lowest BCUT2D eigenvalue weighted by molar-refractivity contribution is -0.121. The molecule has 2 aliphatic heterocycles. The van der Waals surface area contributed by atoms with Crippen LogP contribution in [-0.2, 0) is 14.3 Å². The van der Waals surface area contributed by atoms with Crippen LogP contribution in [0.15, 0.2) is 48.0 Å². The fraction of sp³-hybridized carbons (Fsp3) is 0.615. The number of hydrogen-bond donors (Lipinski definition) is 1. The highest BCUT2D eigenvalue weighted by molar-refractivity contribution is 5.78. The average Bonchev–Trinajstić information content (AvgIpc) is 2.85. The van der Waals surface area contributed by atoms with Crippen molar-refractivity contribution in [2.45, 2.75) is 63.8 Å². The molecule has 0 atom stereocenters. The zero-order chi connectivity index (χ0) is 22.9. The summed E-state index contributed by atoms with van der Waals surface area (Å²) >= 11 is 0. The van der Waals surface area contributed by atoms with Gasteiger partial charge in [-0.3, -0.25) is 9.69 Å². The standard InChI is InChI=1S/C26H36N4O3/c27-12-10-25(31)28-23-8-6-21(7-9-23)11-13-29-14-16-30(17-15-29)26-20-32-19-24(33-26)18-22-4-2-1-3-5-22/h1-2,4,19-21,23H,3,5-11,13-18H2,(H,28,31). The summed E-state index contributed by atoms with van der Waals surface area (Å²) in [4.78, 5) is 16.4. The highest BCUT2D eigenvalue weighted by Crippen LogP contribution is 2.28. The second kappa shape index (κ2) is 11.9. The zero-order valence-corrected chi connectivity index (χ0v) is 19.5. The third-order valence-electron chi connectivity index (χ3n) is 7.09. The van der Waals surface area contributed by atoms with Crippen molar-refractivity contribution < 1.29 is 14.3 Å². The van der Waals surface area contributed by atoms with Gasteiger partial charge in [0, 0.05) is 38.6 Å². The van der Waals surface area contributed by atoms with Crippen molar-refractivity contribution in [3.8, 4) is 6.07 Å². The summed E-state index contributed by atoms with van der Waals surface area (Å²) in [6, 6.07) is 2.17. The van der Waals surface area contributed by atoms with Crippen LogP contribution in [0.25, 0.3) is 0 Å². The molecule has 0 aromatic heterocycles. The minimum absolute atomic E-state index is 0.0345. The largest absolute Gasteiger partial charge is 0.464 e. The van der Waals surface area contributed by atoms with Crippen molar-refractivity contribution in [2.75, 3.05) is 32.7 Å². The highest BCUT2D eigenvalue weighted by atomic mass is 16.6. The Labute approximate surface area is 197 Å². The molecule has 0 radical (unpaired) electrons. The maximum Gasteiger partial charge on any atom is 0.234 e. The van der Waals surface area contributed by atoms with E-state index in [9.17, 15) is 4.79 Å². The zero-order valence-electron chi connectivity index (χ0n) is 19.5. The van der Waals surface area contributed by atoms with E-state index < -0.39 is 0 Å². The van der Waals surface area contributed by atoms with Crippen LogP contribution < -0.4 is 5.32 Å². The summed E-state index contributed by atoms with van der Waals surface area (Å²) in [7, 11) is 0. The van der Waals surface area contributed by atoms with Crippen LogP contribution in [0.1, 0.15) is 57.8 Å². The Hall–Kier alpha value is -2.72. The van der Waals surface area contributed by atoms with Crippen molar-refractivity contribution in [3.63, 3.8) is 0 Å². The topological polar surface area (TPSA) is 77.8 Å². The first-order valence-electron chi connectivity index (χ1n) is 12.4. The number of piperazine rings is 1. The van der Waals surface area contributed by atoms with Gasteiger partial charge in [-0.15, -0.1) is 0 Å². The molecule has 0 bridgehead atoms. The Morgan fingerprint density at radius 1 is 1.15 bits per heavy atom. The smallest absolute Gasteiger partial charge is 0.234 e. The molecule has 7 heteroatoms. The lowest BCUT2D eigenvalue weighted by Gasteiger charge is -2.38. The van der Waals surface area contributed by atoms with Gasteiger partial charge in [-0.25, -0.2) is 0 Å². The van der Waals surface area contributed by atoms with Crippen molar-refractivity contribution >= 4 is 5.91 Å². The molecule has 2 fully saturated rings. The molecule has 1 amide bonds. The number of nitrogens with zero attached hydrogens (tertiary/aromatic N) is 3. The fourth-order valence-electron chi connectivity index (χ4n) is 5.09. The molecule has 0 spiro atoms. The quantitative estimate of drug-likeness (QED) is 0.601. The van der Waals surface area contributed by atoms with Gasteiger partial charge in [-0.05, 0) is 57.4 Å². The number of ether oxygens (including phenoxy) is 2. The van der Waals surface area contributed by atoms with Crippen LogP contribution in [0.5, 0.6) is 0 Å². The Bertz CT molecular complexity index is 838. The van der Waals surface area contributed by atoms with Gasteiger partial charge in [0.05, 0.1) is 6.07 Å². The van der Waals surface area contributed by atoms with E-state index >= 15 is 0 Å². The van der Waals surface area contributed by atoms with Crippen molar-refractivity contribution in [1.82, 2.24) is 15.1 Å². The second-order valence-electron chi connectivity index (χ2n) is 9.48. The number of nitriles is 1. The first-order chi connectivity index (χ1) is 16.2. The van der Waals surface area contributed by atoms with Gasteiger partial charge in [-0.2, -0.15) is 5.26 Å². The molecule has 0 unspecified atom stereocenters. The van der Waals surface area contributed by atoms with E-state index in [-0.39, 0.29) is 18.4 Å². The maximum absolute atomic E-state index is 11.6. The lowest BCUT2D eigenvalue weighted by Crippen LogP contribution is -2.47. The van der Waals surface area contributed by atoms with Crippen LogP contribution >= 0.6 is 0 Å². The van der Waals surface area contributed by atoms with Gasteiger partial charge >= 0.3 is 0 Å². The van der Waals surface area contributed by atoms with E-state index in [1.807, 2.05) is 6.07 Å². The number of amides is 1. The number of hydrogen-bond acceptors (Lipinski definition) is 6. The molecule has 33 heavy (non-hydrogen) atoms. The predicted octanol–water partition coefficient (Wildman–Crippen LogP) is 3.94. The van der Waals surface area contributed by atoms with Gasteiger partial charge in [0.25, 0.3) is 0 Å². The van der Waals surface area contributed by atoms with Crippen LogP contribution in [-0.4, -0.2) is 54.5 Å². The second-order valence-corrected chi connectivity index (χ2v) is 9.48. The molecule has 2 aliphatic carbocycles. The van der Waals surface area contributed by atoms with Crippen molar-refractivity contribution in [3.05, 3.63) is 48.0 Å². The molecule has 4 rings (SSSR count). The summed E-state index contributed by atoms with van der Waals surface area (Å²) in [5, 5.41) is 11.6. The third-order valence-corrected chi connectivity index (χ3v) is 7.09. The molecule has 0 aromatic rings. The van der Waals surface area contributed by atoms with Gasteiger partial charge in [0.15, 0.2) is 6.26 Å². The van der Waals surface area contributed by atoms with Gasteiger partial charge in [0.2, 0.25) is 11.8 Å². The number of rotatable bonds is 8. The van der Waals surface area contributed by atoms with Gasteiger partial charge in [0.1, 0.15) is 18.4 Å². The number of carbonyl (C=O) groups is 1. The first kappa shape index (κ1) is 23.4. The molecule has 1 N–H and O–H groups in total.